The SMILES string of the molecule is O=C(Nc1ccc(N([O-])O)cc1)C(F)(F)C(F)(F)F. The Kier molecular flexibility index (Phi) is 3.96. The van der Waals surface area contributed by atoms with E-state index in [1.807, 2.05) is 0 Å². The summed E-state index contributed by atoms with van der Waals surface area (Å²) in [7, 11) is 0. The molecule has 0 heterocycles. The van der Waals surface area contributed by atoms with Crippen LogP contribution in [0.4, 0.5) is 33.3 Å². The van der Waals surface area contributed by atoms with Crippen LogP contribution in [0.15, 0.2) is 24.3 Å². The zero-order valence-corrected chi connectivity index (χ0v) is 8.91. The molecule has 19 heavy (non-hydrogen) atoms. The molecule has 10 heteroatoms. The predicted molar refractivity (Wildman–Crippen MR) is 53.7 cm³/mol. The third-order valence-electron chi connectivity index (χ3n) is 1.99. The van der Waals surface area contributed by atoms with Crippen molar-refractivity contribution in [2.24, 2.45) is 0 Å². The number of rotatable bonds is 3. The van der Waals surface area contributed by atoms with Gasteiger partial charge in [0.25, 0.3) is 0 Å². The van der Waals surface area contributed by atoms with Crippen LogP contribution in [0.1, 0.15) is 0 Å². The molecule has 0 aliphatic carbocycles. The van der Waals surface area contributed by atoms with Crippen molar-refractivity contribution in [1.82, 2.24) is 0 Å². The zero-order valence-electron chi connectivity index (χ0n) is 8.91. The second kappa shape index (κ2) is 4.97. The van der Waals surface area contributed by atoms with Crippen molar-refractivity contribution < 1.29 is 32.0 Å². The Morgan fingerprint density at radius 2 is 1.63 bits per heavy atom. The van der Waals surface area contributed by atoms with Crippen molar-refractivity contribution in [3.8, 4) is 0 Å². The van der Waals surface area contributed by atoms with Gasteiger partial charge in [-0.25, -0.2) is 0 Å². The number of halogens is 5. The quantitative estimate of drug-likeness (QED) is 0.661. The number of hydrogen-bond donors (Lipinski definition) is 2. The lowest BCUT2D eigenvalue weighted by molar-refractivity contribution is -0.267. The molecule has 2 N–H and O–H groups in total. The molecule has 1 aromatic rings. The fraction of sp³-hybridized carbons (Fsp3) is 0.222. The minimum Gasteiger partial charge on any atom is -0.733 e. The van der Waals surface area contributed by atoms with Gasteiger partial charge in [0.2, 0.25) is 0 Å². The van der Waals surface area contributed by atoms with Gasteiger partial charge in [-0.3, -0.25) is 10.0 Å². The van der Waals surface area contributed by atoms with Gasteiger partial charge in [0.05, 0.1) is 5.69 Å². The van der Waals surface area contributed by atoms with Gasteiger partial charge in [-0.05, 0) is 24.3 Å². The van der Waals surface area contributed by atoms with Crippen LogP contribution >= 0.6 is 0 Å². The molecular formula is C9H6F5N2O3-. The summed E-state index contributed by atoms with van der Waals surface area (Å²) in [5, 5.41) is 19.6. The number of benzene rings is 1. The molecule has 0 aromatic heterocycles. The molecule has 1 aromatic carbocycles. The Morgan fingerprint density at radius 3 is 2.00 bits per heavy atom. The summed E-state index contributed by atoms with van der Waals surface area (Å²) >= 11 is 0. The van der Waals surface area contributed by atoms with Crippen LogP contribution < -0.4 is 10.5 Å². The standard InChI is InChI=1S/C9H6F5N2O3/c10-8(11,9(12,13)14)7(17)15-5-1-3-6(4-2-5)16(18)19/h1-4,18H,(H,15,17)/q-1. The highest BCUT2D eigenvalue weighted by molar-refractivity contribution is 5.96. The lowest BCUT2D eigenvalue weighted by Gasteiger charge is -2.22. The largest absolute Gasteiger partial charge is 0.733 e. The Hall–Kier alpha value is -1.94. The van der Waals surface area contributed by atoms with E-state index in [9.17, 15) is 32.0 Å². The minimum absolute atomic E-state index is 0.291. The van der Waals surface area contributed by atoms with E-state index in [1.54, 1.807) is 0 Å². The fourth-order valence-corrected chi connectivity index (χ4v) is 1.01. The molecule has 1 amide bonds. The number of nitrogens with zero attached hydrogens (tertiary/aromatic N) is 1. The molecule has 0 bridgehead atoms. The molecular weight excluding hydrogens is 279 g/mol. The Labute approximate surface area is 102 Å². The van der Waals surface area contributed by atoms with Crippen LogP contribution in [0.2, 0.25) is 0 Å². The number of anilines is 2. The van der Waals surface area contributed by atoms with Crippen LogP contribution in [-0.4, -0.2) is 23.2 Å². The summed E-state index contributed by atoms with van der Waals surface area (Å²) in [6.45, 7) is 0. The summed E-state index contributed by atoms with van der Waals surface area (Å²) in [5.74, 6) is -8.08. The number of alkyl halides is 5. The molecule has 0 spiro atoms. The van der Waals surface area contributed by atoms with Gasteiger partial charge in [-0.2, -0.15) is 22.0 Å². The molecule has 0 unspecified atom stereocenters. The smallest absolute Gasteiger partial charge is 0.463 e. The Balaban J connectivity index is 2.83. The number of carbonyl (C=O) groups is 1. The van der Waals surface area contributed by atoms with E-state index < -0.39 is 23.2 Å². The van der Waals surface area contributed by atoms with E-state index in [4.69, 9.17) is 5.21 Å². The van der Waals surface area contributed by atoms with Crippen LogP contribution in [0, 0.1) is 5.21 Å². The van der Waals surface area contributed by atoms with Gasteiger partial charge in [0.1, 0.15) is 0 Å². The minimum atomic E-state index is -6.01. The van der Waals surface area contributed by atoms with Crippen molar-refractivity contribution >= 4 is 17.3 Å². The number of carbonyl (C=O) groups excluding carboxylic acids is 1. The molecule has 0 aliphatic rings. The summed E-state index contributed by atoms with van der Waals surface area (Å²) in [4.78, 5) is 10.8. The van der Waals surface area contributed by atoms with Gasteiger partial charge < -0.3 is 15.8 Å². The van der Waals surface area contributed by atoms with Crippen molar-refractivity contribution in [2.75, 3.05) is 10.5 Å². The normalized spacial score (nSPS) is 12.2. The van der Waals surface area contributed by atoms with E-state index in [1.165, 1.54) is 5.32 Å². The average molecular weight is 285 g/mol. The highest BCUT2D eigenvalue weighted by Gasteiger charge is 2.63. The first-order valence-corrected chi connectivity index (χ1v) is 4.58. The predicted octanol–water partition coefficient (Wildman–Crippen LogP) is 2.52. The molecule has 0 saturated carbocycles. The summed E-state index contributed by atoms with van der Waals surface area (Å²) in [6.07, 6.45) is -6.01. The van der Waals surface area contributed by atoms with E-state index in [0.29, 0.717) is 0 Å². The van der Waals surface area contributed by atoms with Crippen LogP contribution in [0.25, 0.3) is 0 Å². The number of amides is 1. The maximum atomic E-state index is 12.6. The maximum Gasteiger partial charge on any atom is 0.463 e. The monoisotopic (exact) mass is 285 g/mol. The van der Waals surface area contributed by atoms with Crippen molar-refractivity contribution in [3.63, 3.8) is 0 Å². The van der Waals surface area contributed by atoms with E-state index >= 15 is 0 Å². The summed E-state index contributed by atoms with van der Waals surface area (Å²) in [6, 6.07) is 3.57. The third kappa shape index (κ3) is 3.29. The second-order valence-corrected chi connectivity index (χ2v) is 3.35. The molecule has 0 radical (unpaired) electrons. The Bertz CT molecular complexity index is 458. The highest BCUT2D eigenvalue weighted by atomic mass is 19.4. The van der Waals surface area contributed by atoms with Gasteiger partial charge in [-0.15, -0.1) is 0 Å². The molecule has 0 saturated heterocycles. The third-order valence-corrected chi connectivity index (χ3v) is 1.99. The first-order chi connectivity index (χ1) is 8.55. The second-order valence-electron chi connectivity index (χ2n) is 3.35. The van der Waals surface area contributed by atoms with Crippen LogP contribution in [0.5, 0.6) is 0 Å². The van der Waals surface area contributed by atoms with Crippen molar-refractivity contribution in [2.45, 2.75) is 12.1 Å². The molecule has 5 nitrogen and oxygen atoms in total. The van der Waals surface area contributed by atoms with Gasteiger partial charge >= 0.3 is 18.0 Å². The molecule has 1 rings (SSSR count). The topological polar surface area (TPSA) is 75.6 Å². The molecule has 0 fully saturated rings. The first-order valence-electron chi connectivity index (χ1n) is 4.58. The Morgan fingerprint density at radius 1 is 1.16 bits per heavy atom. The molecule has 0 atom stereocenters. The molecule has 0 aliphatic heterocycles. The van der Waals surface area contributed by atoms with Crippen molar-refractivity contribution in [3.05, 3.63) is 29.5 Å². The summed E-state index contributed by atoms with van der Waals surface area (Å²) in [5.41, 5.74) is -0.680. The van der Waals surface area contributed by atoms with Gasteiger partial charge in [0, 0.05) is 5.69 Å². The van der Waals surface area contributed by atoms with E-state index in [2.05, 4.69) is 0 Å². The van der Waals surface area contributed by atoms with Crippen molar-refractivity contribution in [1.29, 1.82) is 0 Å². The zero-order chi connectivity index (χ0) is 14.8. The summed E-state index contributed by atoms with van der Waals surface area (Å²) < 4.78 is 60.8. The van der Waals surface area contributed by atoms with Crippen LogP contribution in [0.3, 0.4) is 0 Å². The average Bonchev–Trinajstić information content (AvgIpc) is 2.28. The molecule has 106 valence electrons. The van der Waals surface area contributed by atoms with E-state index in [0.717, 1.165) is 24.3 Å². The first kappa shape index (κ1) is 15.1. The van der Waals surface area contributed by atoms with Gasteiger partial charge in [0.15, 0.2) is 0 Å². The van der Waals surface area contributed by atoms with Gasteiger partial charge in [-0.1, -0.05) is 0 Å². The van der Waals surface area contributed by atoms with E-state index in [-0.39, 0.29) is 11.4 Å². The number of nitrogens with one attached hydrogen (secondary N) is 1. The highest BCUT2D eigenvalue weighted by Crippen LogP contribution is 2.36. The lowest BCUT2D eigenvalue weighted by atomic mass is 10.2. The number of hydrogen-bond acceptors (Lipinski definition) is 4. The lowest BCUT2D eigenvalue weighted by Crippen LogP contribution is -2.47. The fourth-order valence-electron chi connectivity index (χ4n) is 1.01. The maximum absolute atomic E-state index is 12.6. The van der Waals surface area contributed by atoms with Crippen LogP contribution in [-0.2, 0) is 4.79 Å².